The van der Waals surface area contributed by atoms with Crippen LogP contribution in [0, 0.1) is 6.92 Å². The molecule has 0 aliphatic heterocycles. The zero-order chi connectivity index (χ0) is 24.8. The molecule has 8 nitrogen and oxygen atoms in total. The number of aromatic nitrogens is 3. The van der Waals surface area contributed by atoms with E-state index in [9.17, 15) is 9.90 Å². The highest BCUT2D eigenvalue weighted by molar-refractivity contribution is 7.99. The monoisotopic (exact) mass is 487 g/mol. The largest absolute Gasteiger partial charge is 0.507 e. The predicted molar refractivity (Wildman–Crippen MR) is 137 cm³/mol. The highest BCUT2D eigenvalue weighted by Crippen LogP contribution is 2.29. The van der Waals surface area contributed by atoms with Crippen molar-refractivity contribution in [1.29, 1.82) is 0 Å². The van der Waals surface area contributed by atoms with Gasteiger partial charge < -0.3 is 9.84 Å². The van der Waals surface area contributed by atoms with E-state index in [2.05, 4.69) is 20.7 Å². The number of aryl methyl sites for hydroxylation is 1. The lowest BCUT2D eigenvalue weighted by Gasteiger charge is -2.11. The molecule has 0 spiro atoms. The number of phenolic OH excluding ortho intramolecular Hbond substituents is 1. The van der Waals surface area contributed by atoms with Crippen molar-refractivity contribution in [3.8, 4) is 28.6 Å². The van der Waals surface area contributed by atoms with Crippen LogP contribution in [-0.4, -0.2) is 44.4 Å². The summed E-state index contributed by atoms with van der Waals surface area (Å²) in [6.07, 6.45) is 0. The summed E-state index contributed by atoms with van der Waals surface area (Å²) in [6.45, 7) is 3.75. The van der Waals surface area contributed by atoms with E-state index in [0.717, 1.165) is 22.6 Å². The Morgan fingerprint density at radius 3 is 2.46 bits per heavy atom. The molecule has 1 aromatic heterocycles. The third-order valence-corrected chi connectivity index (χ3v) is 6.18. The van der Waals surface area contributed by atoms with Gasteiger partial charge in [-0.15, -0.1) is 10.2 Å². The summed E-state index contributed by atoms with van der Waals surface area (Å²) in [4.78, 5) is 12.5. The molecule has 35 heavy (non-hydrogen) atoms. The first-order valence-corrected chi connectivity index (χ1v) is 11.9. The average Bonchev–Trinajstić information content (AvgIpc) is 3.30. The van der Waals surface area contributed by atoms with E-state index in [1.807, 2.05) is 60.0 Å². The Morgan fingerprint density at radius 2 is 1.77 bits per heavy atom. The van der Waals surface area contributed by atoms with Crippen LogP contribution in [0.4, 0.5) is 0 Å². The summed E-state index contributed by atoms with van der Waals surface area (Å²) in [7, 11) is 1.62. The Hall–Kier alpha value is -4.11. The standard InChI is InChI=1S/C26H25N5O3S/c1-17-8-12-20(13-9-17)31-25(19-10-14-21(34-3)15-11-19)29-30-26(31)35-16-24(33)28-27-18(2)22-6-4-5-7-23(22)32/h4-15,32H,16H2,1-3H3,(H,28,33). The molecule has 3 aromatic carbocycles. The van der Waals surface area contributed by atoms with Gasteiger partial charge in [-0.05, 0) is 62.4 Å². The summed E-state index contributed by atoms with van der Waals surface area (Å²) in [5, 5.41) is 23.4. The van der Waals surface area contributed by atoms with Crippen molar-refractivity contribution in [1.82, 2.24) is 20.2 Å². The number of thioether (sulfide) groups is 1. The maximum atomic E-state index is 12.5. The molecule has 2 N–H and O–H groups in total. The van der Waals surface area contributed by atoms with Gasteiger partial charge in [-0.2, -0.15) is 5.10 Å². The number of carbonyl (C=O) groups excluding carboxylic acids is 1. The highest BCUT2D eigenvalue weighted by Gasteiger charge is 2.17. The number of ether oxygens (including phenoxy) is 1. The molecule has 0 bridgehead atoms. The van der Waals surface area contributed by atoms with Gasteiger partial charge in [0.1, 0.15) is 11.5 Å². The topological polar surface area (TPSA) is 102 Å². The van der Waals surface area contributed by atoms with Crippen molar-refractivity contribution in [3.63, 3.8) is 0 Å². The lowest BCUT2D eigenvalue weighted by molar-refractivity contribution is -0.118. The average molecular weight is 488 g/mol. The van der Waals surface area contributed by atoms with Gasteiger partial charge in [0.25, 0.3) is 5.91 Å². The minimum atomic E-state index is -0.297. The molecule has 0 fully saturated rings. The van der Waals surface area contributed by atoms with Gasteiger partial charge in [-0.3, -0.25) is 9.36 Å². The number of rotatable bonds is 8. The molecule has 0 aliphatic carbocycles. The second-order valence-corrected chi connectivity index (χ2v) is 8.69. The lowest BCUT2D eigenvalue weighted by Crippen LogP contribution is -2.21. The first-order valence-electron chi connectivity index (χ1n) is 10.9. The quantitative estimate of drug-likeness (QED) is 0.214. The van der Waals surface area contributed by atoms with Gasteiger partial charge >= 0.3 is 0 Å². The zero-order valence-corrected chi connectivity index (χ0v) is 20.4. The molecule has 0 saturated carbocycles. The molecule has 0 radical (unpaired) electrons. The number of nitrogens with one attached hydrogen (secondary N) is 1. The van der Waals surface area contributed by atoms with E-state index in [0.29, 0.717) is 22.3 Å². The van der Waals surface area contributed by atoms with E-state index >= 15 is 0 Å². The van der Waals surface area contributed by atoms with E-state index in [4.69, 9.17) is 4.74 Å². The number of hydrazone groups is 1. The molecule has 4 rings (SSSR count). The Morgan fingerprint density at radius 1 is 1.06 bits per heavy atom. The van der Waals surface area contributed by atoms with E-state index < -0.39 is 0 Å². The van der Waals surface area contributed by atoms with Crippen molar-refractivity contribution in [2.45, 2.75) is 19.0 Å². The zero-order valence-electron chi connectivity index (χ0n) is 19.6. The second kappa shape index (κ2) is 10.9. The van der Waals surface area contributed by atoms with Crippen LogP contribution in [0.5, 0.6) is 11.5 Å². The van der Waals surface area contributed by atoms with Crippen molar-refractivity contribution >= 4 is 23.4 Å². The van der Waals surface area contributed by atoms with Crippen LogP contribution in [-0.2, 0) is 4.79 Å². The number of phenols is 1. The van der Waals surface area contributed by atoms with Crippen LogP contribution in [0.25, 0.3) is 17.1 Å². The third kappa shape index (κ3) is 5.70. The first-order chi connectivity index (χ1) is 17.0. The Kier molecular flexibility index (Phi) is 7.47. The molecule has 1 amide bonds. The molecule has 0 saturated heterocycles. The fraction of sp³-hybridized carbons (Fsp3) is 0.154. The second-order valence-electron chi connectivity index (χ2n) is 7.74. The van der Waals surface area contributed by atoms with Crippen molar-refractivity contribution in [2.24, 2.45) is 5.10 Å². The van der Waals surface area contributed by atoms with Crippen LogP contribution >= 0.6 is 11.8 Å². The minimum Gasteiger partial charge on any atom is -0.507 e. The summed E-state index contributed by atoms with van der Waals surface area (Å²) in [5.41, 5.74) is 6.51. The van der Waals surface area contributed by atoms with Gasteiger partial charge in [0.15, 0.2) is 11.0 Å². The van der Waals surface area contributed by atoms with Crippen molar-refractivity contribution in [2.75, 3.05) is 12.9 Å². The SMILES string of the molecule is COc1ccc(-c2nnc(SCC(=O)NN=C(C)c3ccccc3O)n2-c2ccc(C)cc2)cc1. The lowest BCUT2D eigenvalue weighted by atomic mass is 10.1. The molecule has 0 atom stereocenters. The minimum absolute atomic E-state index is 0.0875. The Bertz CT molecular complexity index is 1350. The van der Waals surface area contributed by atoms with Crippen molar-refractivity contribution < 1.29 is 14.6 Å². The number of nitrogens with zero attached hydrogens (tertiary/aromatic N) is 4. The van der Waals surface area contributed by atoms with Crippen LogP contribution in [0.1, 0.15) is 18.1 Å². The highest BCUT2D eigenvalue weighted by atomic mass is 32.2. The third-order valence-electron chi connectivity index (χ3n) is 5.25. The van der Waals surface area contributed by atoms with Crippen LogP contribution < -0.4 is 10.2 Å². The number of methoxy groups -OCH3 is 1. The Labute approximate surface area is 207 Å². The molecule has 178 valence electrons. The summed E-state index contributed by atoms with van der Waals surface area (Å²) in [6, 6.07) is 22.4. The maximum absolute atomic E-state index is 12.5. The summed E-state index contributed by atoms with van der Waals surface area (Å²) >= 11 is 1.26. The summed E-state index contributed by atoms with van der Waals surface area (Å²) in [5.74, 6) is 1.31. The molecule has 0 unspecified atom stereocenters. The van der Waals surface area contributed by atoms with Crippen LogP contribution in [0.3, 0.4) is 0 Å². The van der Waals surface area contributed by atoms with Crippen molar-refractivity contribution in [3.05, 3.63) is 83.9 Å². The number of amides is 1. The van der Waals surface area contributed by atoms with Crippen LogP contribution in [0.15, 0.2) is 83.1 Å². The van der Waals surface area contributed by atoms with Crippen LogP contribution in [0.2, 0.25) is 0 Å². The molecular weight excluding hydrogens is 462 g/mol. The van der Waals surface area contributed by atoms with Gasteiger partial charge in [-0.1, -0.05) is 41.6 Å². The van der Waals surface area contributed by atoms with E-state index in [1.165, 1.54) is 11.8 Å². The number of benzene rings is 3. The molecule has 4 aromatic rings. The Balaban J connectivity index is 1.54. The molecule has 9 heteroatoms. The predicted octanol–water partition coefficient (Wildman–Crippen LogP) is 4.59. The van der Waals surface area contributed by atoms with Gasteiger partial charge in [0.05, 0.1) is 18.6 Å². The number of hydrogen-bond acceptors (Lipinski definition) is 7. The summed E-state index contributed by atoms with van der Waals surface area (Å²) < 4.78 is 7.19. The van der Waals surface area contributed by atoms with E-state index in [1.54, 1.807) is 38.3 Å². The number of aromatic hydroxyl groups is 1. The first kappa shape index (κ1) is 24.0. The smallest absolute Gasteiger partial charge is 0.250 e. The fourth-order valence-corrected chi connectivity index (χ4v) is 4.11. The van der Waals surface area contributed by atoms with Gasteiger partial charge in [0.2, 0.25) is 0 Å². The van der Waals surface area contributed by atoms with Gasteiger partial charge in [0, 0.05) is 16.8 Å². The maximum Gasteiger partial charge on any atom is 0.250 e. The normalized spacial score (nSPS) is 11.3. The van der Waals surface area contributed by atoms with E-state index in [-0.39, 0.29) is 17.4 Å². The molecular formula is C26H25N5O3S. The van der Waals surface area contributed by atoms with Gasteiger partial charge in [-0.25, -0.2) is 5.43 Å². The fourth-order valence-electron chi connectivity index (χ4n) is 3.37. The molecule has 0 aliphatic rings. The number of carbonyl (C=O) groups is 1. The number of hydrogen-bond donors (Lipinski definition) is 2. The number of para-hydroxylation sites is 1. The molecule has 1 heterocycles.